The first-order valence-electron chi connectivity index (χ1n) is 9.55. The van der Waals surface area contributed by atoms with Crippen LogP contribution in [0, 0.1) is 11.3 Å². The monoisotopic (exact) mass is 400 g/mol. The molecule has 2 unspecified atom stereocenters. The van der Waals surface area contributed by atoms with Crippen LogP contribution in [-0.2, 0) is 4.79 Å². The summed E-state index contributed by atoms with van der Waals surface area (Å²) in [6, 6.07) is 19.7. The second-order valence-electron chi connectivity index (χ2n) is 7.11. The molecule has 1 aliphatic rings. The van der Waals surface area contributed by atoms with E-state index in [0.29, 0.717) is 29.1 Å². The molecule has 30 heavy (non-hydrogen) atoms. The maximum absolute atomic E-state index is 12.8. The highest BCUT2D eigenvalue weighted by Crippen LogP contribution is 2.25. The van der Waals surface area contributed by atoms with Crippen molar-refractivity contribution in [3.8, 4) is 17.3 Å². The highest BCUT2D eigenvalue weighted by Gasteiger charge is 2.27. The molecule has 2 aromatic carbocycles. The predicted molar refractivity (Wildman–Crippen MR) is 111 cm³/mol. The smallest absolute Gasteiger partial charge is 0.256 e. The molecule has 2 amide bonds. The molecular weight excluding hydrogens is 380 g/mol. The minimum absolute atomic E-state index is 0.0322. The average Bonchev–Trinajstić information content (AvgIpc) is 3.17. The molecule has 1 saturated heterocycles. The van der Waals surface area contributed by atoms with Crippen molar-refractivity contribution in [3.05, 3.63) is 71.8 Å². The first-order valence-corrected chi connectivity index (χ1v) is 9.55. The Hall–Kier alpha value is -3.96. The van der Waals surface area contributed by atoms with Gasteiger partial charge in [-0.3, -0.25) is 14.9 Å². The van der Waals surface area contributed by atoms with Crippen LogP contribution in [0.1, 0.15) is 35.6 Å². The van der Waals surface area contributed by atoms with Crippen molar-refractivity contribution >= 4 is 17.6 Å². The summed E-state index contributed by atoms with van der Waals surface area (Å²) >= 11 is 0. The van der Waals surface area contributed by atoms with Gasteiger partial charge in [0.2, 0.25) is 5.91 Å². The number of hydrogen-bond donors (Lipinski definition) is 3. The highest BCUT2D eigenvalue weighted by molar-refractivity contribution is 6.04. The first kappa shape index (κ1) is 19.4. The molecule has 0 bridgehead atoms. The molecule has 1 aliphatic heterocycles. The van der Waals surface area contributed by atoms with Crippen LogP contribution in [0.3, 0.4) is 0 Å². The van der Waals surface area contributed by atoms with E-state index in [1.54, 1.807) is 35.0 Å². The number of carbonyl (C=O) groups is 2. The third-order valence-electron chi connectivity index (χ3n) is 4.80. The van der Waals surface area contributed by atoms with E-state index in [-0.39, 0.29) is 17.9 Å². The van der Waals surface area contributed by atoms with Crippen LogP contribution in [0.2, 0.25) is 0 Å². The summed E-state index contributed by atoms with van der Waals surface area (Å²) in [6.07, 6.45) is -0.217. The minimum atomic E-state index is -0.588. The Labute approximate surface area is 173 Å². The van der Waals surface area contributed by atoms with Crippen LogP contribution in [0.25, 0.3) is 11.3 Å². The number of rotatable bonds is 4. The Bertz CT molecular complexity index is 1110. The lowest BCUT2D eigenvalue weighted by Gasteiger charge is -2.30. The molecule has 2 heterocycles. The van der Waals surface area contributed by atoms with Crippen LogP contribution in [-0.4, -0.2) is 27.6 Å². The number of amides is 2. The van der Waals surface area contributed by atoms with E-state index >= 15 is 0 Å². The topological polar surface area (TPSA) is 112 Å². The van der Waals surface area contributed by atoms with E-state index in [9.17, 15) is 9.59 Å². The van der Waals surface area contributed by atoms with E-state index in [1.165, 1.54) is 0 Å². The molecule has 0 spiro atoms. The van der Waals surface area contributed by atoms with Gasteiger partial charge in [0.05, 0.1) is 17.3 Å². The summed E-state index contributed by atoms with van der Waals surface area (Å²) in [5.74, 6) is 0.0120. The molecule has 3 aromatic rings. The van der Waals surface area contributed by atoms with Crippen LogP contribution >= 0.6 is 0 Å². The Morgan fingerprint density at radius 1 is 1.20 bits per heavy atom. The largest absolute Gasteiger partial charge is 0.322 e. The number of aromatic nitrogens is 2. The molecule has 2 atom stereocenters. The standard InChI is InChI=1S/C22H20N6O2/c1-14-11-20(29)26-22(24-14)28-19(12-18(27-28)16-5-3-2-4-6-16)25-21(30)17-9-7-15(13-23)8-10-17/h2-10,12,14,22,24H,11H2,1H3,(H,25,30)(H,26,29). The van der Waals surface area contributed by atoms with Gasteiger partial charge in [0, 0.05) is 29.7 Å². The molecule has 8 nitrogen and oxygen atoms in total. The second-order valence-corrected chi connectivity index (χ2v) is 7.11. The second kappa shape index (κ2) is 8.19. The van der Waals surface area contributed by atoms with Crippen LogP contribution in [0.5, 0.6) is 0 Å². The maximum Gasteiger partial charge on any atom is 0.256 e. The zero-order valence-corrected chi connectivity index (χ0v) is 16.3. The Morgan fingerprint density at radius 3 is 2.60 bits per heavy atom. The van der Waals surface area contributed by atoms with Crippen LogP contribution in [0.15, 0.2) is 60.7 Å². The Morgan fingerprint density at radius 2 is 1.93 bits per heavy atom. The Balaban J connectivity index is 1.67. The summed E-state index contributed by atoms with van der Waals surface area (Å²) in [4.78, 5) is 24.8. The van der Waals surface area contributed by atoms with E-state index < -0.39 is 6.29 Å². The fourth-order valence-corrected chi connectivity index (χ4v) is 3.31. The van der Waals surface area contributed by atoms with Crippen molar-refractivity contribution in [2.24, 2.45) is 0 Å². The summed E-state index contributed by atoms with van der Waals surface area (Å²) in [6.45, 7) is 1.92. The third-order valence-corrected chi connectivity index (χ3v) is 4.80. The molecule has 3 N–H and O–H groups in total. The van der Waals surface area contributed by atoms with Crippen LogP contribution in [0.4, 0.5) is 5.82 Å². The summed E-state index contributed by atoms with van der Waals surface area (Å²) in [5, 5.41) is 22.6. The average molecular weight is 400 g/mol. The third kappa shape index (κ3) is 4.06. The molecule has 0 saturated carbocycles. The number of benzene rings is 2. The van der Waals surface area contributed by atoms with Gasteiger partial charge >= 0.3 is 0 Å². The SMILES string of the molecule is CC1CC(=O)NC(n2nc(-c3ccccc3)cc2NC(=O)c2ccc(C#N)cc2)N1. The quantitative estimate of drug-likeness (QED) is 0.623. The number of hydrogen-bond acceptors (Lipinski definition) is 5. The lowest BCUT2D eigenvalue weighted by Crippen LogP contribution is -2.52. The zero-order chi connectivity index (χ0) is 21.1. The van der Waals surface area contributed by atoms with Gasteiger partial charge in [-0.25, -0.2) is 4.68 Å². The van der Waals surface area contributed by atoms with E-state index in [4.69, 9.17) is 5.26 Å². The van der Waals surface area contributed by atoms with E-state index in [0.717, 1.165) is 5.56 Å². The maximum atomic E-state index is 12.8. The van der Waals surface area contributed by atoms with Gasteiger partial charge in [0.15, 0.2) is 6.29 Å². The summed E-state index contributed by atoms with van der Waals surface area (Å²) in [5.41, 5.74) is 2.45. The molecule has 1 aromatic heterocycles. The van der Waals surface area contributed by atoms with E-state index in [1.807, 2.05) is 43.3 Å². The van der Waals surface area contributed by atoms with Crippen LogP contribution < -0.4 is 16.0 Å². The van der Waals surface area contributed by atoms with Gasteiger partial charge in [-0.1, -0.05) is 30.3 Å². The van der Waals surface area contributed by atoms with Gasteiger partial charge < -0.3 is 10.6 Å². The Kier molecular flexibility index (Phi) is 5.28. The number of nitrogens with zero attached hydrogens (tertiary/aromatic N) is 3. The highest BCUT2D eigenvalue weighted by atomic mass is 16.2. The molecule has 0 radical (unpaired) electrons. The van der Waals surface area contributed by atoms with Crippen molar-refractivity contribution in [2.75, 3.05) is 5.32 Å². The summed E-state index contributed by atoms with van der Waals surface area (Å²) < 4.78 is 1.57. The fourth-order valence-electron chi connectivity index (χ4n) is 3.31. The van der Waals surface area contributed by atoms with Gasteiger partial charge in [-0.15, -0.1) is 0 Å². The normalized spacial score (nSPS) is 18.3. The lowest BCUT2D eigenvalue weighted by atomic mass is 10.1. The molecular formula is C22H20N6O2. The lowest BCUT2D eigenvalue weighted by molar-refractivity contribution is -0.125. The first-order chi connectivity index (χ1) is 14.5. The number of nitriles is 1. The minimum Gasteiger partial charge on any atom is -0.322 e. The number of carbonyl (C=O) groups excluding carboxylic acids is 2. The molecule has 0 aliphatic carbocycles. The van der Waals surface area contributed by atoms with Gasteiger partial charge in [-0.2, -0.15) is 10.4 Å². The number of anilines is 1. The molecule has 4 rings (SSSR count). The van der Waals surface area contributed by atoms with Crippen molar-refractivity contribution in [1.29, 1.82) is 5.26 Å². The van der Waals surface area contributed by atoms with Crippen molar-refractivity contribution in [1.82, 2.24) is 20.4 Å². The molecule has 1 fully saturated rings. The van der Waals surface area contributed by atoms with Crippen molar-refractivity contribution in [3.63, 3.8) is 0 Å². The molecule has 150 valence electrons. The molecule has 8 heteroatoms. The fraction of sp³-hybridized carbons (Fsp3) is 0.182. The van der Waals surface area contributed by atoms with Crippen molar-refractivity contribution < 1.29 is 9.59 Å². The van der Waals surface area contributed by atoms with E-state index in [2.05, 4.69) is 21.0 Å². The van der Waals surface area contributed by atoms with Gasteiger partial charge in [0.1, 0.15) is 5.82 Å². The summed E-state index contributed by atoms with van der Waals surface area (Å²) in [7, 11) is 0. The van der Waals surface area contributed by atoms with Gasteiger partial charge in [-0.05, 0) is 31.2 Å². The zero-order valence-electron chi connectivity index (χ0n) is 16.3. The number of nitrogens with one attached hydrogen (secondary N) is 3. The predicted octanol–water partition coefficient (Wildman–Crippen LogP) is 2.63. The van der Waals surface area contributed by atoms with Crippen molar-refractivity contribution in [2.45, 2.75) is 25.7 Å². The van der Waals surface area contributed by atoms with Gasteiger partial charge in [0.25, 0.3) is 5.91 Å².